The first-order valence-electron chi connectivity index (χ1n) is 6.29. The van der Waals surface area contributed by atoms with E-state index in [1.54, 1.807) is 18.3 Å². The molecular weight excluding hydrogens is 327 g/mol. The van der Waals surface area contributed by atoms with Crippen molar-refractivity contribution in [2.45, 2.75) is 6.42 Å². The third kappa shape index (κ3) is 4.44. The molecule has 0 unspecified atom stereocenters. The van der Waals surface area contributed by atoms with Crippen LogP contribution in [0.2, 0.25) is 0 Å². The second kappa shape index (κ2) is 8.30. The SMILES string of the molecule is COc1cc(Cc2cnc(N)nc2N)cc(OC)c1C(=O)[S-].[Na+]. The van der Waals surface area contributed by atoms with Gasteiger partial charge >= 0.3 is 29.6 Å². The maximum Gasteiger partial charge on any atom is 1.00 e. The van der Waals surface area contributed by atoms with E-state index < -0.39 is 5.12 Å². The van der Waals surface area contributed by atoms with E-state index >= 15 is 0 Å². The van der Waals surface area contributed by atoms with Crippen LogP contribution in [-0.4, -0.2) is 29.3 Å². The van der Waals surface area contributed by atoms with Crippen LogP contribution in [0.1, 0.15) is 21.5 Å². The number of anilines is 2. The standard InChI is InChI=1S/C14H16N4O3S.Na/c1-20-9-4-7(5-10(21-2)11(9)13(19)22)3-8-6-17-14(16)18-12(8)15;/h4-6H,3H2,1-2H3,(H,19,22)(H4,15,16,17,18);/q;+1/p-1. The Bertz CT molecular complexity index is 702. The molecule has 0 atom stereocenters. The Kier molecular flexibility index (Phi) is 7.01. The molecule has 2 rings (SSSR count). The van der Waals surface area contributed by atoms with Crippen molar-refractivity contribution in [1.29, 1.82) is 0 Å². The van der Waals surface area contributed by atoms with Gasteiger partial charge in [-0.3, -0.25) is 0 Å². The molecule has 0 bridgehead atoms. The first-order valence-corrected chi connectivity index (χ1v) is 6.70. The molecule has 23 heavy (non-hydrogen) atoms. The monoisotopic (exact) mass is 342 g/mol. The summed E-state index contributed by atoms with van der Waals surface area (Å²) in [7, 11) is 2.92. The Hall–Kier alpha value is -1.61. The molecule has 1 heterocycles. The van der Waals surface area contributed by atoms with Gasteiger partial charge in [0.2, 0.25) is 5.95 Å². The van der Waals surface area contributed by atoms with Crippen LogP contribution in [0.15, 0.2) is 18.3 Å². The Morgan fingerprint density at radius 2 is 1.78 bits per heavy atom. The van der Waals surface area contributed by atoms with Crippen LogP contribution in [0.3, 0.4) is 0 Å². The molecule has 4 N–H and O–H groups in total. The number of ether oxygens (including phenoxy) is 2. The Balaban J connectivity index is 0.00000264. The molecule has 0 saturated carbocycles. The summed E-state index contributed by atoms with van der Waals surface area (Å²) in [6.45, 7) is 0. The van der Waals surface area contributed by atoms with E-state index in [1.165, 1.54) is 14.2 Å². The number of rotatable bonds is 5. The summed E-state index contributed by atoms with van der Waals surface area (Å²) < 4.78 is 10.5. The van der Waals surface area contributed by atoms with Crippen LogP contribution in [0.5, 0.6) is 11.5 Å². The summed E-state index contributed by atoms with van der Waals surface area (Å²) in [5.74, 6) is 1.12. The van der Waals surface area contributed by atoms with Crippen molar-refractivity contribution in [1.82, 2.24) is 9.97 Å². The fourth-order valence-electron chi connectivity index (χ4n) is 2.06. The molecule has 0 fully saturated rings. The summed E-state index contributed by atoms with van der Waals surface area (Å²) in [6.07, 6.45) is 1.99. The summed E-state index contributed by atoms with van der Waals surface area (Å²) in [5.41, 5.74) is 13.0. The van der Waals surface area contributed by atoms with Gasteiger partial charge in [0.1, 0.15) is 17.3 Å². The Morgan fingerprint density at radius 1 is 1.22 bits per heavy atom. The number of benzene rings is 1. The summed E-state index contributed by atoms with van der Waals surface area (Å²) >= 11 is 4.71. The number of hydrogen-bond donors (Lipinski definition) is 2. The molecule has 2 aromatic rings. The quantitative estimate of drug-likeness (QED) is 0.471. The summed E-state index contributed by atoms with van der Waals surface area (Å²) in [4.78, 5) is 19.4. The number of carbonyl (C=O) groups excluding carboxylic acids is 1. The molecule has 1 aromatic carbocycles. The fraction of sp³-hybridized carbons (Fsp3) is 0.214. The largest absolute Gasteiger partial charge is 1.00 e. The zero-order valence-electron chi connectivity index (χ0n) is 13.1. The van der Waals surface area contributed by atoms with Gasteiger partial charge in [-0.2, -0.15) is 4.98 Å². The number of carbonyl (C=O) groups is 1. The predicted octanol–water partition coefficient (Wildman–Crippen LogP) is -2.06. The minimum absolute atomic E-state index is 0. The topological polar surface area (TPSA) is 113 Å². The van der Waals surface area contributed by atoms with Crippen LogP contribution in [-0.2, 0) is 19.0 Å². The summed E-state index contributed by atoms with van der Waals surface area (Å²) in [6, 6.07) is 3.41. The van der Waals surface area contributed by atoms with E-state index in [0.29, 0.717) is 29.3 Å². The van der Waals surface area contributed by atoms with Gasteiger partial charge < -0.3 is 38.4 Å². The van der Waals surface area contributed by atoms with Gasteiger partial charge in [-0.25, -0.2) is 4.98 Å². The van der Waals surface area contributed by atoms with Gasteiger partial charge in [0.05, 0.1) is 19.8 Å². The van der Waals surface area contributed by atoms with Crippen molar-refractivity contribution < 1.29 is 43.8 Å². The predicted molar refractivity (Wildman–Crippen MR) is 84.9 cm³/mol. The number of hydrogen-bond acceptors (Lipinski definition) is 8. The van der Waals surface area contributed by atoms with Crippen LogP contribution < -0.4 is 50.5 Å². The third-order valence-corrected chi connectivity index (χ3v) is 3.29. The third-order valence-electron chi connectivity index (χ3n) is 3.08. The number of nitrogen functional groups attached to an aromatic ring is 2. The fourth-order valence-corrected chi connectivity index (χ4v) is 2.26. The number of methoxy groups -OCH3 is 2. The van der Waals surface area contributed by atoms with Crippen LogP contribution >= 0.6 is 0 Å². The molecular formula is C14H15N4NaO3S. The minimum atomic E-state index is -0.546. The van der Waals surface area contributed by atoms with E-state index in [4.69, 9.17) is 33.6 Å². The maximum atomic E-state index is 11.6. The summed E-state index contributed by atoms with van der Waals surface area (Å²) in [5, 5.41) is -0.546. The van der Waals surface area contributed by atoms with Crippen molar-refractivity contribution in [2.75, 3.05) is 25.7 Å². The normalized spacial score (nSPS) is 9.83. The van der Waals surface area contributed by atoms with E-state index in [0.717, 1.165) is 5.56 Å². The second-order valence-corrected chi connectivity index (χ2v) is 4.85. The van der Waals surface area contributed by atoms with Crippen molar-refractivity contribution in [2.24, 2.45) is 0 Å². The van der Waals surface area contributed by atoms with Crippen LogP contribution in [0.4, 0.5) is 11.8 Å². The van der Waals surface area contributed by atoms with E-state index in [9.17, 15) is 4.79 Å². The number of nitrogens with zero attached hydrogens (tertiary/aromatic N) is 2. The molecule has 0 aliphatic carbocycles. The van der Waals surface area contributed by atoms with Crippen molar-refractivity contribution in [3.8, 4) is 11.5 Å². The molecule has 0 aliphatic rings. The molecule has 0 amide bonds. The zero-order valence-corrected chi connectivity index (χ0v) is 15.9. The Morgan fingerprint density at radius 3 is 2.22 bits per heavy atom. The average Bonchev–Trinajstić information content (AvgIpc) is 2.48. The molecule has 7 nitrogen and oxygen atoms in total. The molecule has 1 aromatic heterocycles. The molecule has 9 heteroatoms. The van der Waals surface area contributed by atoms with Gasteiger partial charge in [-0.15, -0.1) is 0 Å². The minimum Gasteiger partial charge on any atom is -0.737 e. The van der Waals surface area contributed by atoms with Gasteiger partial charge in [0.15, 0.2) is 0 Å². The first-order chi connectivity index (χ1) is 10.5. The molecule has 0 radical (unpaired) electrons. The second-order valence-electron chi connectivity index (χ2n) is 4.48. The molecule has 116 valence electrons. The maximum absolute atomic E-state index is 11.6. The number of nitrogens with two attached hydrogens (primary N) is 2. The van der Waals surface area contributed by atoms with E-state index in [-0.39, 0.29) is 41.1 Å². The van der Waals surface area contributed by atoms with Crippen molar-refractivity contribution in [3.05, 3.63) is 35.0 Å². The number of aromatic nitrogens is 2. The smallest absolute Gasteiger partial charge is 0.737 e. The van der Waals surface area contributed by atoms with Crippen molar-refractivity contribution in [3.63, 3.8) is 0 Å². The molecule has 0 saturated heterocycles. The Labute approximate surface area is 161 Å². The van der Waals surface area contributed by atoms with E-state index in [1.807, 2.05) is 0 Å². The van der Waals surface area contributed by atoms with Crippen molar-refractivity contribution >= 4 is 29.5 Å². The first kappa shape index (κ1) is 19.4. The van der Waals surface area contributed by atoms with Gasteiger partial charge in [-0.1, -0.05) is 0 Å². The van der Waals surface area contributed by atoms with Gasteiger partial charge in [0.25, 0.3) is 0 Å². The molecule has 0 spiro atoms. The van der Waals surface area contributed by atoms with Gasteiger partial charge in [0, 0.05) is 23.3 Å². The van der Waals surface area contributed by atoms with E-state index in [2.05, 4.69) is 9.97 Å². The van der Waals surface area contributed by atoms with Crippen LogP contribution in [0.25, 0.3) is 0 Å². The van der Waals surface area contributed by atoms with Gasteiger partial charge in [-0.05, 0) is 17.7 Å². The zero-order chi connectivity index (χ0) is 16.3. The molecule has 0 aliphatic heterocycles. The van der Waals surface area contributed by atoms with Crippen LogP contribution in [0, 0.1) is 0 Å². The average molecular weight is 342 g/mol.